The van der Waals surface area contributed by atoms with Crippen molar-refractivity contribution in [3.63, 3.8) is 0 Å². The lowest BCUT2D eigenvalue weighted by Crippen LogP contribution is -2.32. The topological polar surface area (TPSA) is 59.8 Å². The van der Waals surface area contributed by atoms with Crippen molar-refractivity contribution in [2.45, 2.75) is 49.6 Å². The van der Waals surface area contributed by atoms with E-state index in [2.05, 4.69) is 27.6 Å². The van der Waals surface area contributed by atoms with Crippen molar-refractivity contribution < 1.29 is 4.79 Å². The second-order valence-corrected chi connectivity index (χ2v) is 9.44. The molecule has 1 N–H and O–H groups in total. The fraction of sp³-hybridized carbons (Fsp3) is 0.348. The zero-order chi connectivity index (χ0) is 21.6. The summed E-state index contributed by atoms with van der Waals surface area (Å²) >= 11 is 14.2. The van der Waals surface area contributed by atoms with Crippen molar-refractivity contribution in [1.29, 1.82) is 0 Å². The van der Waals surface area contributed by atoms with Crippen LogP contribution in [0.2, 0.25) is 10.0 Å². The van der Waals surface area contributed by atoms with Crippen LogP contribution in [0.25, 0.3) is 5.69 Å². The van der Waals surface area contributed by atoms with Crippen LogP contribution in [0.5, 0.6) is 0 Å². The highest BCUT2D eigenvalue weighted by atomic mass is 35.5. The Kier molecular flexibility index (Phi) is 7.54. The molecule has 0 spiro atoms. The summed E-state index contributed by atoms with van der Waals surface area (Å²) in [4.78, 5) is 12.6. The first kappa shape index (κ1) is 22.2. The van der Waals surface area contributed by atoms with Crippen LogP contribution in [-0.2, 0) is 17.1 Å². The molecule has 1 saturated carbocycles. The van der Waals surface area contributed by atoms with E-state index in [1.54, 1.807) is 23.9 Å². The highest BCUT2D eigenvalue weighted by molar-refractivity contribution is 7.98. The van der Waals surface area contributed by atoms with Gasteiger partial charge in [0.2, 0.25) is 5.91 Å². The second-order valence-electron chi connectivity index (χ2n) is 7.66. The summed E-state index contributed by atoms with van der Waals surface area (Å²) in [5, 5.41) is 13.6. The molecule has 1 aromatic heterocycles. The second kappa shape index (κ2) is 10.5. The number of nitrogens with one attached hydrogen (secondary N) is 1. The van der Waals surface area contributed by atoms with Gasteiger partial charge in [0.15, 0.2) is 11.0 Å². The smallest absolute Gasteiger partial charge is 0.223 e. The van der Waals surface area contributed by atoms with Crippen LogP contribution in [0.3, 0.4) is 0 Å². The van der Waals surface area contributed by atoms with Crippen LogP contribution in [0.15, 0.2) is 53.7 Å². The Bertz CT molecular complexity index is 1040. The van der Waals surface area contributed by atoms with E-state index in [9.17, 15) is 4.79 Å². The molecule has 1 amide bonds. The van der Waals surface area contributed by atoms with E-state index in [0.29, 0.717) is 22.4 Å². The number of hydrogen-bond acceptors (Lipinski definition) is 4. The molecule has 1 aliphatic carbocycles. The van der Waals surface area contributed by atoms with Crippen LogP contribution in [0.1, 0.15) is 43.5 Å². The summed E-state index contributed by atoms with van der Waals surface area (Å²) in [7, 11) is 0. The number of halogens is 2. The first-order chi connectivity index (χ1) is 15.1. The number of carbonyl (C=O) groups excluding carboxylic acids is 1. The normalized spacial score (nSPS) is 14.5. The maximum absolute atomic E-state index is 12.6. The molecular formula is C23H24Cl2N4OS. The fourth-order valence-corrected chi connectivity index (χ4v) is 5.22. The van der Waals surface area contributed by atoms with E-state index in [-0.39, 0.29) is 11.8 Å². The summed E-state index contributed by atoms with van der Waals surface area (Å²) < 4.78 is 1.91. The third-order valence-corrected chi connectivity index (χ3v) is 7.00. The average Bonchev–Trinajstić information content (AvgIpc) is 3.20. The summed E-state index contributed by atoms with van der Waals surface area (Å²) in [6.07, 6.45) is 5.37. The van der Waals surface area contributed by atoms with Gasteiger partial charge in [-0.3, -0.25) is 9.36 Å². The third-order valence-electron chi connectivity index (χ3n) is 5.46. The number of amides is 1. The van der Waals surface area contributed by atoms with Crippen LogP contribution < -0.4 is 5.32 Å². The van der Waals surface area contributed by atoms with E-state index < -0.39 is 0 Å². The van der Waals surface area contributed by atoms with Gasteiger partial charge in [-0.05, 0) is 36.6 Å². The molecule has 1 aliphatic rings. The molecule has 4 rings (SSSR count). The molecule has 0 aliphatic heterocycles. The van der Waals surface area contributed by atoms with Crippen LogP contribution >= 0.6 is 35.0 Å². The number of rotatable bonds is 7. The number of thioether (sulfide) groups is 1. The maximum atomic E-state index is 12.6. The van der Waals surface area contributed by atoms with Gasteiger partial charge in [-0.1, -0.05) is 84.6 Å². The van der Waals surface area contributed by atoms with Crippen LogP contribution in [0.4, 0.5) is 0 Å². The van der Waals surface area contributed by atoms with E-state index >= 15 is 0 Å². The zero-order valence-electron chi connectivity index (χ0n) is 17.1. The molecule has 8 heteroatoms. The molecule has 0 unspecified atom stereocenters. The summed E-state index contributed by atoms with van der Waals surface area (Å²) in [5.74, 6) is 1.58. The van der Waals surface area contributed by atoms with Crippen LogP contribution in [0, 0.1) is 5.92 Å². The van der Waals surface area contributed by atoms with Gasteiger partial charge in [-0.2, -0.15) is 0 Å². The Hall–Kier alpha value is -2.02. The van der Waals surface area contributed by atoms with Crippen molar-refractivity contribution in [2.75, 3.05) is 0 Å². The standard InChI is InChI=1S/C23H24Cl2N4OS/c24-18-11-12-20(19(25)13-18)29-21(14-26-22(30)17-9-5-2-6-10-17)27-28-23(29)31-15-16-7-3-1-4-8-16/h1,3-4,7-8,11-13,17H,2,5-6,9-10,14-15H2,(H,26,30). The molecule has 0 radical (unpaired) electrons. The molecule has 0 atom stereocenters. The Morgan fingerprint density at radius 1 is 1.06 bits per heavy atom. The highest BCUT2D eigenvalue weighted by Gasteiger charge is 2.22. The van der Waals surface area contributed by atoms with E-state index in [1.807, 2.05) is 28.8 Å². The number of aromatic nitrogens is 3. The predicted molar refractivity (Wildman–Crippen MR) is 126 cm³/mol. The molecule has 1 fully saturated rings. The Balaban J connectivity index is 1.56. The maximum Gasteiger partial charge on any atom is 0.223 e. The van der Waals surface area contributed by atoms with Gasteiger partial charge in [0.05, 0.1) is 17.3 Å². The zero-order valence-corrected chi connectivity index (χ0v) is 19.4. The van der Waals surface area contributed by atoms with Crippen molar-refractivity contribution in [3.8, 4) is 5.69 Å². The molecule has 2 aromatic carbocycles. The number of nitrogens with zero attached hydrogens (tertiary/aromatic N) is 3. The number of hydrogen-bond donors (Lipinski definition) is 1. The molecule has 0 bridgehead atoms. The van der Waals surface area contributed by atoms with Crippen LogP contribution in [-0.4, -0.2) is 20.7 Å². The number of carbonyl (C=O) groups is 1. The Labute approximate surface area is 196 Å². The molecule has 0 saturated heterocycles. The molecule has 5 nitrogen and oxygen atoms in total. The van der Waals surface area contributed by atoms with Gasteiger partial charge in [-0.15, -0.1) is 10.2 Å². The SMILES string of the molecule is O=C(NCc1nnc(SCc2ccccc2)n1-c1ccc(Cl)cc1Cl)C1CCCCC1. The summed E-state index contributed by atoms with van der Waals surface area (Å²) in [6.45, 7) is 0.299. The van der Waals surface area contributed by atoms with Gasteiger partial charge in [-0.25, -0.2) is 0 Å². The first-order valence-corrected chi connectivity index (χ1v) is 12.2. The van der Waals surface area contributed by atoms with Crippen molar-refractivity contribution in [2.24, 2.45) is 5.92 Å². The third kappa shape index (κ3) is 5.62. The molecule has 31 heavy (non-hydrogen) atoms. The first-order valence-electron chi connectivity index (χ1n) is 10.5. The molecule has 3 aromatic rings. The van der Waals surface area contributed by atoms with Gasteiger partial charge < -0.3 is 5.32 Å². The van der Waals surface area contributed by atoms with E-state index in [4.69, 9.17) is 23.2 Å². The summed E-state index contributed by atoms with van der Waals surface area (Å²) in [6, 6.07) is 15.5. The van der Waals surface area contributed by atoms with Gasteiger partial charge in [0.1, 0.15) is 0 Å². The van der Waals surface area contributed by atoms with Crippen molar-refractivity contribution >= 4 is 40.9 Å². The monoisotopic (exact) mass is 474 g/mol. The predicted octanol–water partition coefficient (Wildman–Crippen LogP) is 6.06. The lowest BCUT2D eigenvalue weighted by molar-refractivity contribution is -0.126. The average molecular weight is 475 g/mol. The van der Waals surface area contributed by atoms with E-state index in [1.165, 1.54) is 12.0 Å². The Morgan fingerprint density at radius 2 is 1.84 bits per heavy atom. The molecular weight excluding hydrogens is 451 g/mol. The quantitative estimate of drug-likeness (QED) is 0.422. The molecule has 162 valence electrons. The van der Waals surface area contributed by atoms with Gasteiger partial charge in [0, 0.05) is 16.7 Å². The Morgan fingerprint density at radius 3 is 2.58 bits per heavy atom. The fourth-order valence-electron chi connectivity index (χ4n) is 3.81. The largest absolute Gasteiger partial charge is 0.349 e. The highest BCUT2D eigenvalue weighted by Crippen LogP contribution is 2.31. The molecule has 1 heterocycles. The van der Waals surface area contributed by atoms with Gasteiger partial charge in [0.25, 0.3) is 0 Å². The minimum atomic E-state index is 0.0925. The minimum absolute atomic E-state index is 0.0925. The number of benzene rings is 2. The van der Waals surface area contributed by atoms with E-state index in [0.717, 1.165) is 42.3 Å². The van der Waals surface area contributed by atoms with Gasteiger partial charge >= 0.3 is 0 Å². The lowest BCUT2D eigenvalue weighted by atomic mass is 9.89. The summed E-state index contributed by atoms with van der Waals surface area (Å²) in [5.41, 5.74) is 1.94. The minimum Gasteiger partial charge on any atom is -0.349 e. The van der Waals surface area contributed by atoms with Crippen molar-refractivity contribution in [1.82, 2.24) is 20.1 Å². The van der Waals surface area contributed by atoms with Crippen molar-refractivity contribution in [3.05, 3.63) is 70.0 Å². The lowest BCUT2D eigenvalue weighted by Gasteiger charge is -2.20.